The third-order valence-electron chi connectivity index (χ3n) is 4.79. The molecule has 2 amide bonds. The molecule has 128 valence electrons. The molecule has 23 heavy (non-hydrogen) atoms. The smallest absolute Gasteiger partial charge is 0.317 e. The number of carbonyl (C=O) groups excluding carboxylic acids is 1. The van der Waals surface area contributed by atoms with Crippen molar-refractivity contribution in [3.05, 3.63) is 18.2 Å². The Balaban J connectivity index is 1.50. The van der Waals surface area contributed by atoms with E-state index in [1.807, 2.05) is 11.1 Å². The van der Waals surface area contributed by atoms with Crippen molar-refractivity contribution in [1.29, 1.82) is 0 Å². The van der Waals surface area contributed by atoms with Crippen molar-refractivity contribution in [2.45, 2.75) is 38.3 Å². The summed E-state index contributed by atoms with van der Waals surface area (Å²) < 4.78 is 5.59. The van der Waals surface area contributed by atoms with Gasteiger partial charge in [-0.05, 0) is 25.8 Å². The first kappa shape index (κ1) is 16.3. The number of ether oxygens (including phenoxy) is 1. The predicted octanol–water partition coefficient (Wildman–Crippen LogP) is 1.37. The summed E-state index contributed by atoms with van der Waals surface area (Å²) in [4.78, 5) is 24.2. The molecule has 1 aromatic heterocycles. The van der Waals surface area contributed by atoms with E-state index in [1.165, 1.54) is 0 Å². The summed E-state index contributed by atoms with van der Waals surface area (Å²) in [6.45, 7) is 6.96. The van der Waals surface area contributed by atoms with Gasteiger partial charge >= 0.3 is 6.03 Å². The summed E-state index contributed by atoms with van der Waals surface area (Å²) in [5.41, 5.74) is 0. The van der Waals surface area contributed by atoms with Gasteiger partial charge in [0.15, 0.2) is 0 Å². The Kier molecular flexibility index (Phi) is 5.51. The lowest BCUT2D eigenvalue weighted by Crippen LogP contribution is -2.53. The van der Waals surface area contributed by atoms with Crippen LogP contribution >= 0.6 is 0 Å². The van der Waals surface area contributed by atoms with Crippen LogP contribution < -0.4 is 5.32 Å². The first-order valence-corrected chi connectivity index (χ1v) is 8.65. The molecule has 0 bridgehead atoms. The molecule has 0 radical (unpaired) electrons. The van der Waals surface area contributed by atoms with Crippen molar-refractivity contribution in [1.82, 2.24) is 25.1 Å². The van der Waals surface area contributed by atoms with Crippen molar-refractivity contribution in [3.63, 3.8) is 0 Å². The molecular formula is C16H27N5O2. The van der Waals surface area contributed by atoms with Crippen molar-refractivity contribution in [2.24, 2.45) is 0 Å². The Morgan fingerprint density at radius 2 is 2.43 bits per heavy atom. The fraction of sp³-hybridized carbons (Fsp3) is 0.750. The number of likely N-dealkylation sites (N-methyl/N-ethyl adjacent to an activating group) is 1. The second kappa shape index (κ2) is 7.79. The van der Waals surface area contributed by atoms with E-state index < -0.39 is 0 Å². The van der Waals surface area contributed by atoms with E-state index in [4.69, 9.17) is 4.74 Å². The minimum absolute atomic E-state index is 0.0234. The summed E-state index contributed by atoms with van der Waals surface area (Å²) in [5.74, 6) is 0.934. The highest BCUT2D eigenvalue weighted by atomic mass is 16.5. The molecule has 2 aliphatic rings. The van der Waals surface area contributed by atoms with Gasteiger partial charge in [-0.1, -0.05) is 6.92 Å². The highest BCUT2D eigenvalue weighted by Gasteiger charge is 2.31. The number of H-pyrrole nitrogens is 1. The molecule has 3 heterocycles. The van der Waals surface area contributed by atoms with Gasteiger partial charge in [0.05, 0.1) is 12.1 Å². The third kappa shape index (κ3) is 4.03. The lowest BCUT2D eigenvalue weighted by atomic mass is 10.1. The van der Waals surface area contributed by atoms with Gasteiger partial charge in [-0.2, -0.15) is 0 Å². The summed E-state index contributed by atoms with van der Waals surface area (Å²) in [5, 5.41) is 3.04. The van der Waals surface area contributed by atoms with E-state index in [-0.39, 0.29) is 12.1 Å². The highest BCUT2D eigenvalue weighted by molar-refractivity contribution is 5.74. The van der Waals surface area contributed by atoms with Gasteiger partial charge < -0.3 is 19.9 Å². The lowest BCUT2D eigenvalue weighted by Gasteiger charge is -2.40. The molecule has 7 heteroatoms. The van der Waals surface area contributed by atoms with E-state index in [9.17, 15) is 4.79 Å². The van der Waals surface area contributed by atoms with Crippen molar-refractivity contribution >= 4 is 6.03 Å². The van der Waals surface area contributed by atoms with E-state index in [0.717, 1.165) is 51.3 Å². The number of imidazole rings is 1. The average Bonchev–Trinajstić information content (AvgIpc) is 3.27. The number of rotatable bonds is 5. The highest BCUT2D eigenvalue weighted by Crippen LogP contribution is 2.22. The molecule has 2 atom stereocenters. The Morgan fingerprint density at radius 3 is 3.13 bits per heavy atom. The van der Waals surface area contributed by atoms with Crippen LogP contribution in [0.2, 0.25) is 0 Å². The number of nitrogens with one attached hydrogen (secondary N) is 2. The fourth-order valence-electron chi connectivity index (χ4n) is 3.43. The molecule has 7 nitrogen and oxygen atoms in total. The first-order valence-electron chi connectivity index (χ1n) is 8.65. The number of piperazine rings is 1. The SMILES string of the molecule is CCN1CCN(C(=O)NCC[C@H]2CCCO2)C[C@H]1c1ncc[nH]1. The zero-order valence-corrected chi connectivity index (χ0v) is 13.8. The number of aromatic amines is 1. The minimum Gasteiger partial charge on any atom is -0.378 e. The van der Waals surface area contributed by atoms with Gasteiger partial charge in [0, 0.05) is 45.2 Å². The molecule has 0 spiro atoms. The number of urea groups is 1. The Morgan fingerprint density at radius 1 is 1.52 bits per heavy atom. The minimum atomic E-state index is 0.0234. The quantitative estimate of drug-likeness (QED) is 0.859. The maximum Gasteiger partial charge on any atom is 0.317 e. The molecule has 2 N–H and O–H groups in total. The summed E-state index contributed by atoms with van der Waals surface area (Å²) >= 11 is 0. The molecular weight excluding hydrogens is 294 g/mol. The van der Waals surface area contributed by atoms with Crippen molar-refractivity contribution < 1.29 is 9.53 Å². The molecule has 0 saturated carbocycles. The molecule has 2 aliphatic heterocycles. The normalized spacial score (nSPS) is 25.7. The number of carbonyl (C=O) groups is 1. The van der Waals surface area contributed by atoms with Crippen LogP contribution in [-0.4, -0.2) is 71.2 Å². The number of nitrogens with zero attached hydrogens (tertiary/aromatic N) is 3. The molecule has 1 aromatic rings. The van der Waals surface area contributed by atoms with Gasteiger partial charge in [0.2, 0.25) is 0 Å². The van der Waals surface area contributed by atoms with Gasteiger partial charge in [0.1, 0.15) is 5.82 Å². The number of hydrogen-bond acceptors (Lipinski definition) is 4. The second-order valence-corrected chi connectivity index (χ2v) is 6.22. The van der Waals surface area contributed by atoms with Crippen molar-refractivity contribution in [2.75, 3.05) is 39.3 Å². The zero-order valence-electron chi connectivity index (χ0n) is 13.8. The van der Waals surface area contributed by atoms with Gasteiger partial charge in [-0.25, -0.2) is 9.78 Å². The van der Waals surface area contributed by atoms with Gasteiger partial charge in [0.25, 0.3) is 0 Å². The maximum atomic E-state index is 12.4. The van der Waals surface area contributed by atoms with Crippen LogP contribution in [0.5, 0.6) is 0 Å². The maximum absolute atomic E-state index is 12.4. The van der Waals surface area contributed by atoms with E-state index in [1.54, 1.807) is 6.20 Å². The summed E-state index contributed by atoms with van der Waals surface area (Å²) in [6, 6.07) is 0.169. The largest absolute Gasteiger partial charge is 0.378 e. The van der Waals surface area contributed by atoms with Crippen LogP contribution in [0.1, 0.15) is 38.1 Å². The van der Waals surface area contributed by atoms with Crippen LogP contribution in [0.25, 0.3) is 0 Å². The van der Waals surface area contributed by atoms with Crippen LogP contribution in [0, 0.1) is 0 Å². The molecule has 0 aromatic carbocycles. The Bertz CT molecular complexity index is 487. The Labute approximate surface area is 137 Å². The third-order valence-corrected chi connectivity index (χ3v) is 4.79. The first-order chi connectivity index (χ1) is 11.3. The van der Waals surface area contributed by atoms with Crippen LogP contribution in [0.15, 0.2) is 12.4 Å². The second-order valence-electron chi connectivity index (χ2n) is 6.22. The predicted molar refractivity (Wildman–Crippen MR) is 87.1 cm³/mol. The van der Waals surface area contributed by atoms with E-state index in [0.29, 0.717) is 19.2 Å². The van der Waals surface area contributed by atoms with Crippen LogP contribution in [0.4, 0.5) is 4.79 Å². The molecule has 2 fully saturated rings. The van der Waals surface area contributed by atoms with E-state index >= 15 is 0 Å². The van der Waals surface area contributed by atoms with Crippen LogP contribution in [-0.2, 0) is 4.74 Å². The van der Waals surface area contributed by atoms with E-state index in [2.05, 4.69) is 27.1 Å². The molecule has 2 saturated heterocycles. The standard InChI is InChI=1S/C16H27N5O2/c1-2-20-9-10-21(12-14(20)15-17-7-8-18-15)16(22)19-6-5-13-4-3-11-23-13/h7-8,13-14H,2-6,9-12H2,1H3,(H,17,18)(H,19,22)/t13-,14+/m1/s1. The number of amides is 2. The van der Waals surface area contributed by atoms with Gasteiger partial charge in [-0.3, -0.25) is 4.90 Å². The topological polar surface area (TPSA) is 73.5 Å². The van der Waals surface area contributed by atoms with Crippen molar-refractivity contribution in [3.8, 4) is 0 Å². The zero-order chi connectivity index (χ0) is 16.1. The Hall–Kier alpha value is -1.60. The number of aromatic nitrogens is 2. The number of hydrogen-bond donors (Lipinski definition) is 2. The average molecular weight is 321 g/mol. The van der Waals surface area contributed by atoms with Gasteiger partial charge in [-0.15, -0.1) is 0 Å². The lowest BCUT2D eigenvalue weighted by molar-refractivity contribution is 0.0869. The molecule has 0 aliphatic carbocycles. The molecule has 3 rings (SSSR count). The fourth-order valence-corrected chi connectivity index (χ4v) is 3.43. The molecule has 0 unspecified atom stereocenters. The monoisotopic (exact) mass is 321 g/mol. The van der Waals surface area contributed by atoms with Crippen LogP contribution in [0.3, 0.4) is 0 Å². The summed E-state index contributed by atoms with van der Waals surface area (Å²) in [7, 11) is 0. The summed E-state index contributed by atoms with van der Waals surface area (Å²) in [6.07, 6.45) is 7.09.